The molecule has 1 saturated carbocycles. The van der Waals surface area contributed by atoms with Gasteiger partial charge in [-0.2, -0.15) is 0 Å². The molecule has 3 rings (SSSR count). The second-order valence-corrected chi connectivity index (χ2v) is 6.64. The monoisotopic (exact) mass is 302 g/mol. The lowest BCUT2D eigenvalue weighted by Gasteiger charge is -2.44. The average Bonchev–Trinajstić information content (AvgIpc) is 2.53. The maximum atomic E-state index is 12.9. The van der Waals surface area contributed by atoms with E-state index in [9.17, 15) is 4.79 Å². The number of carbonyl (C=O) groups excluding carboxylic acids is 1. The summed E-state index contributed by atoms with van der Waals surface area (Å²) < 4.78 is 0. The van der Waals surface area contributed by atoms with Gasteiger partial charge in [0, 0.05) is 23.7 Å². The molecular weight excluding hydrogens is 280 g/mol. The highest BCUT2D eigenvalue weighted by molar-refractivity contribution is 7.80. The second-order valence-electron chi connectivity index (χ2n) is 6.20. The van der Waals surface area contributed by atoms with Crippen molar-refractivity contribution in [2.45, 2.75) is 44.6 Å². The molecule has 2 fully saturated rings. The van der Waals surface area contributed by atoms with Gasteiger partial charge in [0.05, 0.1) is 0 Å². The van der Waals surface area contributed by atoms with Gasteiger partial charge in [0.1, 0.15) is 4.99 Å². The van der Waals surface area contributed by atoms with Crippen LogP contribution in [0.5, 0.6) is 0 Å². The highest BCUT2D eigenvalue weighted by atomic mass is 32.1. The van der Waals surface area contributed by atoms with Crippen LogP contribution in [0.3, 0.4) is 0 Å². The number of nitrogens with zero attached hydrogens (tertiary/aromatic N) is 1. The quantitative estimate of drug-likeness (QED) is 0.854. The topological polar surface area (TPSA) is 46.3 Å². The van der Waals surface area contributed by atoms with Gasteiger partial charge in [-0.25, -0.2) is 0 Å². The van der Waals surface area contributed by atoms with Gasteiger partial charge in [-0.3, -0.25) is 4.79 Å². The van der Waals surface area contributed by atoms with Gasteiger partial charge in [-0.1, -0.05) is 37.2 Å². The van der Waals surface area contributed by atoms with Crippen LogP contribution in [0.4, 0.5) is 0 Å². The molecule has 0 spiro atoms. The van der Waals surface area contributed by atoms with Gasteiger partial charge in [0.2, 0.25) is 0 Å². The fourth-order valence-electron chi connectivity index (χ4n) is 3.85. The second kappa shape index (κ2) is 6.14. The number of carbonyl (C=O) groups is 1. The van der Waals surface area contributed by atoms with Crippen molar-refractivity contribution in [3.05, 3.63) is 35.4 Å². The molecule has 2 aliphatic rings. The van der Waals surface area contributed by atoms with Crippen LogP contribution >= 0.6 is 12.2 Å². The van der Waals surface area contributed by atoms with Crippen LogP contribution in [-0.2, 0) is 0 Å². The Morgan fingerprint density at radius 2 is 1.86 bits per heavy atom. The Bertz CT molecular complexity index is 555. The van der Waals surface area contributed by atoms with E-state index in [0.717, 1.165) is 24.9 Å². The highest BCUT2D eigenvalue weighted by Gasteiger charge is 2.35. The minimum atomic E-state index is 0.143. The van der Waals surface area contributed by atoms with Crippen LogP contribution in [0.1, 0.15) is 54.4 Å². The molecule has 21 heavy (non-hydrogen) atoms. The summed E-state index contributed by atoms with van der Waals surface area (Å²) in [6.45, 7) is 0.886. The Morgan fingerprint density at radius 3 is 2.67 bits per heavy atom. The lowest BCUT2D eigenvalue weighted by molar-refractivity contribution is 0.0390. The molecule has 1 aliphatic carbocycles. The Hall–Kier alpha value is -1.42. The third kappa shape index (κ3) is 2.95. The van der Waals surface area contributed by atoms with Crippen molar-refractivity contribution in [3.63, 3.8) is 0 Å². The van der Waals surface area contributed by atoms with Crippen molar-refractivity contribution < 1.29 is 4.79 Å². The molecule has 1 heterocycles. The molecule has 1 aromatic carbocycles. The fourth-order valence-corrected chi connectivity index (χ4v) is 3.98. The molecule has 0 radical (unpaired) electrons. The van der Waals surface area contributed by atoms with Gasteiger partial charge in [0.25, 0.3) is 5.91 Å². The summed E-state index contributed by atoms with van der Waals surface area (Å²) in [7, 11) is 0. The van der Waals surface area contributed by atoms with E-state index in [2.05, 4.69) is 4.90 Å². The largest absolute Gasteiger partial charge is 0.389 e. The first-order chi connectivity index (χ1) is 10.2. The van der Waals surface area contributed by atoms with Gasteiger partial charge in [0.15, 0.2) is 0 Å². The molecule has 1 saturated heterocycles. The molecule has 2 atom stereocenters. The number of thiocarbonyl (C=S) groups is 1. The number of rotatable bonds is 2. The molecule has 0 unspecified atom stereocenters. The summed E-state index contributed by atoms with van der Waals surface area (Å²) in [5, 5.41) is 0. The Kier molecular flexibility index (Phi) is 4.24. The van der Waals surface area contributed by atoms with Gasteiger partial charge >= 0.3 is 0 Å². The van der Waals surface area contributed by atoms with E-state index in [0.29, 0.717) is 22.5 Å². The standard InChI is InChI=1S/C17H22N2OS/c18-16(21)13-6-3-7-14(11-13)17(20)19-10-4-8-12-5-1-2-9-15(12)19/h3,6-7,11-12,15H,1-2,4-5,8-10H2,(H2,18,21)/t12-,15-/m1/s1. The van der Waals surface area contributed by atoms with Crippen molar-refractivity contribution in [1.29, 1.82) is 0 Å². The van der Waals surface area contributed by atoms with Crippen LogP contribution in [-0.4, -0.2) is 28.4 Å². The summed E-state index contributed by atoms with van der Waals surface area (Å²) in [6, 6.07) is 7.87. The molecule has 2 N–H and O–H groups in total. The number of nitrogens with two attached hydrogens (primary N) is 1. The predicted octanol–water partition coefficient (Wildman–Crippen LogP) is 3.12. The van der Waals surface area contributed by atoms with Gasteiger partial charge < -0.3 is 10.6 Å². The van der Waals surface area contributed by atoms with Crippen LogP contribution in [0.15, 0.2) is 24.3 Å². The molecule has 0 bridgehead atoms. The summed E-state index contributed by atoms with van der Waals surface area (Å²) in [5.41, 5.74) is 7.16. The number of hydrogen-bond donors (Lipinski definition) is 1. The van der Waals surface area contributed by atoms with Gasteiger partial charge in [-0.05, 0) is 43.7 Å². The number of piperidine rings is 1. The molecular formula is C17H22N2OS. The van der Waals surface area contributed by atoms with E-state index in [-0.39, 0.29) is 5.91 Å². The predicted molar refractivity (Wildman–Crippen MR) is 88.3 cm³/mol. The smallest absolute Gasteiger partial charge is 0.254 e. The highest BCUT2D eigenvalue weighted by Crippen LogP contribution is 2.35. The first-order valence-electron chi connectivity index (χ1n) is 7.87. The zero-order valence-electron chi connectivity index (χ0n) is 12.3. The number of hydrogen-bond acceptors (Lipinski definition) is 2. The third-order valence-corrected chi connectivity index (χ3v) is 5.13. The van der Waals surface area contributed by atoms with Crippen molar-refractivity contribution in [2.24, 2.45) is 11.7 Å². The molecule has 3 nitrogen and oxygen atoms in total. The minimum absolute atomic E-state index is 0.143. The van der Waals surface area contributed by atoms with Crippen LogP contribution in [0.2, 0.25) is 0 Å². The van der Waals surface area contributed by atoms with E-state index in [1.54, 1.807) is 0 Å². The third-order valence-electron chi connectivity index (χ3n) is 4.90. The summed E-state index contributed by atoms with van der Waals surface area (Å²) in [6.07, 6.45) is 7.41. The Balaban J connectivity index is 1.83. The number of likely N-dealkylation sites (tertiary alicyclic amines) is 1. The fraction of sp³-hybridized carbons (Fsp3) is 0.529. The Morgan fingerprint density at radius 1 is 1.14 bits per heavy atom. The van der Waals surface area contributed by atoms with E-state index in [1.807, 2.05) is 24.3 Å². The molecule has 0 aromatic heterocycles. The normalized spacial score (nSPS) is 25.2. The SMILES string of the molecule is NC(=S)c1cccc(C(=O)N2CCC[C@H]3CCCC[C@H]32)c1. The summed E-state index contributed by atoms with van der Waals surface area (Å²) in [4.78, 5) is 15.3. The lowest BCUT2D eigenvalue weighted by Crippen LogP contribution is -2.49. The van der Waals surface area contributed by atoms with E-state index in [1.165, 1.54) is 25.7 Å². The minimum Gasteiger partial charge on any atom is -0.389 e. The molecule has 1 amide bonds. The van der Waals surface area contributed by atoms with Crippen molar-refractivity contribution >= 4 is 23.1 Å². The number of benzene rings is 1. The lowest BCUT2D eigenvalue weighted by atomic mass is 9.78. The summed E-state index contributed by atoms with van der Waals surface area (Å²) >= 11 is 5.01. The van der Waals surface area contributed by atoms with Crippen molar-refractivity contribution in [1.82, 2.24) is 4.90 Å². The van der Waals surface area contributed by atoms with E-state index < -0.39 is 0 Å². The first-order valence-corrected chi connectivity index (χ1v) is 8.28. The Labute approximate surface area is 131 Å². The van der Waals surface area contributed by atoms with Crippen LogP contribution < -0.4 is 5.73 Å². The van der Waals surface area contributed by atoms with E-state index >= 15 is 0 Å². The van der Waals surface area contributed by atoms with Crippen molar-refractivity contribution in [3.8, 4) is 0 Å². The zero-order valence-corrected chi connectivity index (χ0v) is 13.1. The molecule has 1 aliphatic heterocycles. The molecule has 1 aromatic rings. The molecule has 112 valence electrons. The maximum absolute atomic E-state index is 12.9. The maximum Gasteiger partial charge on any atom is 0.254 e. The average molecular weight is 302 g/mol. The van der Waals surface area contributed by atoms with Gasteiger partial charge in [-0.15, -0.1) is 0 Å². The van der Waals surface area contributed by atoms with E-state index in [4.69, 9.17) is 18.0 Å². The van der Waals surface area contributed by atoms with Crippen LogP contribution in [0, 0.1) is 5.92 Å². The number of fused-ring (bicyclic) bond motifs is 1. The summed E-state index contributed by atoms with van der Waals surface area (Å²) in [5.74, 6) is 0.847. The zero-order chi connectivity index (χ0) is 14.8. The van der Waals surface area contributed by atoms with Crippen molar-refractivity contribution in [2.75, 3.05) is 6.54 Å². The molecule has 4 heteroatoms. The van der Waals surface area contributed by atoms with Crippen LogP contribution in [0.25, 0.3) is 0 Å². The first kappa shape index (κ1) is 14.5. The number of amides is 1.